The third-order valence-electron chi connectivity index (χ3n) is 2.67. The summed E-state index contributed by atoms with van der Waals surface area (Å²) in [5.41, 5.74) is -0.459. The van der Waals surface area contributed by atoms with Crippen molar-refractivity contribution < 1.29 is 28.7 Å². The zero-order valence-corrected chi connectivity index (χ0v) is 12.6. The van der Waals surface area contributed by atoms with Crippen molar-refractivity contribution in [2.45, 2.75) is 32.3 Å². The maximum atomic E-state index is 11.4. The minimum Gasteiger partial charge on any atom is -0.368 e. The molecule has 10 nitrogen and oxygen atoms in total. The average molecular weight is 334 g/mol. The Morgan fingerprint density at radius 3 is 2.55 bits per heavy atom. The number of rotatable bonds is 3. The topological polar surface area (TPSA) is 151 Å². The zero-order chi connectivity index (χ0) is 16.9. The van der Waals surface area contributed by atoms with Crippen molar-refractivity contribution in [3.63, 3.8) is 0 Å². The van der Waals surface area contributed by atoms with Crippen molar-refractivity contribution in [2.24, 2.45) is 0 Å². The molecule has 0 bridgehead atoms. The first kappa shape index (κ1) is 18.8. The molecule has 0 aliphatic carbocycles. The second-order valence-electron chi connectivity index (χ2n) is 4.39. The van der Waals surface area contributed by atoms with E-state index in [1.54, 1.807) is 6.92 Å². The number of hydrogen-bond donors (Lipinski definition) is 4. The fourth-order valence-corrected chi connectivity index (χ4v) is 1.90. The van der Waals surface area contributed by atoms with Gasteiger partial charge in [0.1, 0.15) is 14.1 Å². The molecule has 0 amide bonds. The molecule has 1 aromatic heterocycles. The van der Waals surface area contributed by atoms with Crippen LogP contribution in [0.4, 0.5) is 0 Å². The molecule has 1 aliphatic rings. The summed E-state index contributed by atoms with van der Waals surface area (Å²) >= 11 is 0. The Hall–Kier alpha value is -1.23. The molecule has 2 rings (SSSR count). The van der Waals surface area contributed by atoms with Crippen molar-refractivity contribution in [3.05, 3.63) is 32.6 Å². The zero-order valence-electron chi connectivity index (χ0n) is 11.7. The van der Waals surface area contributed by atoms with Crippen LogP contribution >= 0.6 is 7.82 Å². The average Bonchev–Trinajstić information content (AvgIpc) is 2.79. The molecular weight excluding hydrogens is 318 g/mol. The number of hydrogen-bond acceptors (Lipinski definition) is 6. The number of nitrogens with one attached hydrogen (secondary N) is 1. The van der Waals surface area contributed by atoms with Gasteiger partial charge in [0.15, 0.2) is 6.29 Å². The molecule has 12 heteroatoms. The summed E-state index contributed by atoms with van der Waals surface area (Å²) in [5.74, 6) is 0. The quantitative estimate of drug-likeness (QED) is 0.393. The van der Waals surface area contributed by atoms with Crippen LogP contribution in [0, 0.1) is 6.92 Å². The van der Waals surface area contributed by atoms with Gasteiger partial charge in [-0.3, -0.25) is 18.9 Å². The molecule has 22 heavy (non-hydrogen) atoms. The summed E-state index contributed by atoms with van der Waals surface area (Å²) in [7, 11) is 0.310. The van der Waals surface area contributed by atoms with Crippen molar-refractivity contribution >= 4 is 15.7 Å². The first-order chi connectivity index (χ1) is 10.1. The molecule has 0 aromatic carbocycles. The maximum Gasteiger partial charge on any atom is 0.468 e. The highest BCUT2D eigenvalue weighted by atomic mass is 31.2. The van der Waals surface area contributed by atoms with Gasteiger partial charge in [0, 0.05) is 24.7 Å². The number of aromatic amines is 1. The molecule has 1 fully saturated rings. The normalized spacial score (nSPS) is 21.3. The van der Waals surface area contributed by atoms with Gasteiger partial charge in [-0.05, 0) is 13.3 Å². The van der Waals surface area contributed by atoms with Crippen LogP contribution in [0.5, 0.6) is 0 Å². The lowest BCUT2D eigenvalue weighted by Gasteiger charge is -2.13. The molecule has 2 radical (unpaired) electrons. The summed E-state index contributed by atoms with van der Waals surface area (Å²) in [6.45, 7) is 1.16. The van der Waals surface area contributed by atoms with E-state index in [2.05, 4.69) is 17.4 Å². The molecule has 0 spiro atoms. The summed E-state index contributed by atoms with van der Waals surface area (Å²) in [6.07, 6.45) is 1.20. The van der Waals surface area contributed by atoms with Gasteiger partial charge in [-0.25, -0.2) is 9.36 Å². The Morgan fingerprint density at radius 2 is 2.14 bits per heavy atom. The molecule has 1 aliphatic heterocycles. The van der Waals surface area contributed by atoms with E-state index in [1.165, 1.54) is 10.8 Å². The Balaban J connectivity index is 0.000000295. The second kappa shape index (κ2) is 7.86. The molecule has 122 valence electrons. The van der Waals surface area contributed by atoms with Crippen LogP contribution in [0.2, 0.25) is 0 Å². The third kappa shape index (κ3) is 5.88. The van der Waals surface area contributed by atoms with Crippen LogP contribution in [0.15, 0.2) is 15.8 Å². The summed E-state index contributed by atoms with van der Waals surface area (Å²) in [6, 6.07) is 0. The van der Waals surface area contributed by atoms with Gasteiger partial charge in [-0.2, -0.15) is 0 Å². The van der Waals surface area contributed by atoms with Gasteiger partial charge in [-0.15, -0.1) is 0 Å². The number of aromatic nitrogens is 2. The Labute approximate surface area is 126 Å². The number of nitrogens with zero attached hydrogens (tertiary/aromatic N) is 1. The molecule has 1 aromatic rings. The molecule has 1 saturated heterocycles. The molecule has 0 saturated carbocycles. The summed E-state index contributed by atoms with van der Waals surface area (Å²) in [5, 5.41) is 9.17. The fourth-order valence-electron chi connectivity index (χ4n) is 1.70. The Kier molecular flexibility index (Phi) is 6.73. The second-order valence-corrected chi connectivity index (χ2v) is 5.63. The van der Waals surface area contributed by atoms with Gasteiger partial charge >= 0.3 is 13.5 Å². The van der Waals surface area contributed by atoms with E-state index in [-0.39, 0.29) is 0 Å². The van der Waals surface area contributed by atoms with E-state index in [0.717, 1.165) is 0 Å². The van der Waals surface area contributed by atoms with Crippen molar-refractivity contribution in [1.82, 2.24) is 9.55 Å². The Bertz CT molecular complexity index is 653. The van der Waals surface area contributed by atoms with Crippen molar-refractivity contribution in [1.29, 1.82) is 0 Å². The lowest BCUT2D eigenvalue weighted by Crippen LogP contribution is -2.33. The van der Waals surface area contributed by atoms with Crippen molar-refractivity contribution in [2.75, 3.05) is 6.51 Å². The number of phosphoric ester groups is 1. The smallest absolute Gasteiger partial charge is 0.368 e. The number of ether oxygens (including phenoxy) is 1. The third-order valence-corrected chi connectivity index (χ3v) is 3.16. The predicted octanol–water partition coefficient (Wildman–Crippen LogP) is -1.31. The largest absolute Gasteiger partial charge is 0.468 e. The lowest BCUT2D eigenvalue weighted by atomic mass is 10.2. The van der Waals surface area contributed by atoms with E-state index in [0.29, 0.717) is 18.4 Å². The van der Waals surface area contributed by atoms with Crippen LogP contribution in [-0.2, 0) is 13.8 Å². The minimum absolute atomic E-state index is 0.394. The van der Waals surface area contributed by atoms with Gasteiger partial charge in [0.25, 0.3) is 5.56 Å². The highest BCUT2D eigenvalue weighted by Gasteiger charge is 2.25. The van der Waals surface area contributed by atoms with E-state index in [9.17, 15) is 14.2 Å². The number of H-pyrrole nitrogens is 1. The fraction of sp³-hybridized carbons (Fsp3) is 0.600. The van der Waals surface area contributed by atoms with Crippen LogP contribution in [0.1, 0.15) is 24.6 Å². The summed E-state index contributed by atoms with van der Waals surface area (Å²) in [4.78, 5) is 40.4. The minimum atomic E-state index is -4.29. The van der Waals surface area contributed by atoms with Gasteiger partial charge in [0.05, 0.1) is 0 Å². The SMILES string of the molecule is Cc1cn(C2CC[C@@H](O)O2)c(=O)[nH]c1=O.[B]COP(=O)(O)O. The monoisotopic (exact) mass is 334 g/mol. The highest BCUT2D eigenvalue weighted by molar-refractivity contribution is 7.46. The first-order valence-corrected chi connectivity index (χ1v) is 7.73. The molecular formula is C10H16BN2O8P. The van der Waals surface area contributed by atoms with Crippen LogP contribution in [-0.4, -0.2) is 45.1 Å². The number of phosphoric acid groups is 1. The predicted molar refractivity (Wildman–Crippen MR) is 75.2 cm³/mol. The number of aliphatic hydroxyl groups excluding tert-OH is 1. The van der Waals surface area contributed by atoms with E-state index in [1.807, 2.05) is 0 Å². The Morgan fingerprint density at radius 1 is 1.50 bits per heavy atom. The van der Waals surface area contributed by atoms with E-state index < -0.39 is 38.1 Å². The van der Waals surface area contributed by atoms with Gasteiger partial charge < -0.3 is 19.6 Å². The first-order valence-electron chi connectivity index (χ1n) is 6.20. The van der Waals surface area contributed by atoms with Crippen molar-refractivity contribution in [3.8, 4) is 0 Å². The molecule has 2 heterocycles. The lowest BCUT2D eigenvalue weighted by molar-refractivity contribution is -0.113. The van der Waals surface area contributed by atoms with E-state index in [4.69, 9.17) is 19.6 Å². The highest BCUT2D eigenvalue weighted by Crippen LogP contribution is 2.34. The standard InChI is InChI=1S/C9H12N2O4.CH4BO4P/c1-5-4-11(9(14)10-8(5)13)6-2-3-7(12)15-6;2-1-6-7(3,4)5/h4,6-7,12H,2-3H2,1H3,(H,10,13,14);1H2,(H2,3,4,5)/t6?,7-;/m0./s1. The van der Waals surface area contributed by atoms with Gasteiger partial charge in [0.2, 0.25) is 0 Å². The van der Waals surface area contributed by atoms with Gasteiger partial charge in [-0.1, -0.05) is 0 Å². The van der Waals surface area contributed by atoms with E-state index >= 15 is 0 Å². The molecule has 1 unspecified atom stereocenters. The number of aryl methyl sites for hydroxylation is 1. The van der Waals surface area contributed by atoms with Crippen LogP contribution < -0.4 is 11.2 Å². The van der Waals surface area contributed by atoms with Crippen LogP contribution in [0.3, 0.4) is 0 Å². The molecule has 4 N–H and O–H groups in total. The summed E-state index contributed by atoms with van der Waals surface area (Å²) < 4.78 is 19.7. The maximum absolute atomic E-state index is 11.4. The number of aliphatic hydroxyl groups is 1. The molecule has 2 atom stereocenters. The van der Waals surface area contributed by atoms with Crippen LogP contribution in [0.25, 0.3) is 0 Å².